The highest BCUT2D eigenvalue weighted by molar-refractivity contribution is 5.32. The van der Waals surface area contributed by atoms with Crippen LogP contribution in [0.25, 0.3) is 0 Å². The molecule has 0 spiro atoms. The van der Waals surface area contributed by atoms with E-state index in [1.54, 1.807) is 14.2 Å². The largest absolute Gasteiger partial charge is 0.352 e. The predicted molar refractivity (Wildman–Crippen MR) is 47.0 cm³/mol. The predicted octanol–water partition coefficient (Wildman–Crippen LogP) is 2.01. The molecule has 3 nitrogen and oxygen atoms in total. The average molecular weight is 180 g/mol. The first-order valence-electron chi connectivity index (χ1n) is 4.16. The van der Waals surface area contributed by atoms with E-state index in [4.69, 9.17) is 14.2 Å². The number of fused-ring (bicyclic) bond motifs is 1. The maximum Gasteiger partial charge on any atom is 0.187 e. The van der Waals surface area contributed by atoms with Crippen LogP contribution in [-0.2, 0) is 14.2 Å². The van der Waals surface area contributed by atoms with E-state index in [1.807, 2.05) is 24.3 Å². The minimum atomic E-state index is -0.291. The summed E-state index contributed by atoms with van der Waals surface area (Å²) in [7, 11) is 3.25. The molecule has 0 saturated heterocycles. The summed E-state index contributed by atoms with van der Waals surface area (Å²) in [6.45, 7) is 0. The van der Waals surface area contributed by atoms with E-state index in [9.17, 15) is 0 Å². The van der Waals surface area contributed by atoms with Crippen LogP contribution in [0.15, 0.2) is 24.3 Å². The summed E-state index contributed by atoms with van der Waals surface area (Å²) in [5.74, 6) is 0. The van der Waals surface area contributed by atoms with Gasteiger partial charge in [-0.25, -0.2) is 0 Å². The summed E-state index contributed by atoms with van der Waals surface area (Å²) in [6.07, 6.45) is -0.581. The van der Waals surface area contributed by atoms with Gasteiger partial charge < -0.3 is 14.2 Å². The molecule has 0 fully saturated rings. The van der Waals surface area contributed by atoms with Crippen LogP contribution in [0.5, 0.6) is 0 Å². The summed E-state index contributed by atoms with van der Waals surface area (Å²) in [6, 6.07) is 7.91. The van der Waals surface area contributed by atoms with Crippen molar-refractivity contribution in [1.29, 1.82) is 0 Å². The highest BCUT2D eigenvalue weighted by Crippen LogP contribution is 2.39. The Morgan fingerprint density at radius 3 is 1.85 bits per heavy atom. The smallest absolute Gasteiger partial charge is 0.187 e. The SMILES string of the molecule is CO[C@H]1O[C@H](OC)c2ccccc21. The Hall–Kier alpha value is -0.900. The molecule has 3 heteroatoms. The lowest BCUT2D eigenvalue weighted by molar-refractivity contribution is -0.217. The van der Waals surface area contributed by atoms with E-state index in [0.717, 1.165) is 11.1 Å². The number of ether oxygens (including phenoxy) is 3. The standard InChI is InChI=1S/C10H12O3/c1-11-9-7-5-3-4-6-8(7)10(12-2)13-9/h3-6,9-10H,1-2H3/t9-,10-/m0/s1. The lowest BCUT2D eigenvalue weighted by atomic mass is 10.1. The lowest BCUT2D eigenvalue weighted by Crippen LogP contribution is -2.01. The van der Waals surface area contributed by atoms with Crippen molar-refractivity contribution >= 4 is 0 Å². The van der Waals surface area contributed by atoms with Gasteiger partial charge in [0.15, 0.2) is 12.6 Å². The maximum absolute atomic E-state index is 5.49. The molecule has 1 aromatic carbocycles. The molecule has 0 saturated carbocycles. The summed E-state index contributed by atoms with van der Waals surface area (Å²) in [5, 5.41) is 0. The van der Waals surface area contributed by atoms with Crippen molar-refractivity contribution in [2.75, 3.05) is 14.2 Å². The van der Waals surface area contributed by atoms with Crippen molar-refractivity contribution in [2.24, 2.45) is 0 Å². The van der Waals surface area contributed by atoms with Crippen molar-refractivity contribution < 1.29 is 14.2 Å². The van der Waals surface area contributed by atoms with Crippen molar-refractivity contribution in [1.82, 2.24) is 0 Å². The molecule has 2 rings (SSSR count). The molecule has 0 bridgehead atoms. The summed E-state index contributed by atoms with van der Waals surface area (Å²) in [4.78, 5) is 0. The van der Waals surface area contributed by atoms with Gasteiger partial charge in [0.05, 0.1) is 0 Å². The van der Waals surface area contributed by atoms with Crippen LogP contribution in [0, 0.1) is 0 Å². The van der Waals surface area contributed by atoms with Gasteiger partial charge in [0.2, 0.25) is 0 Å². The second-order valence-corrected chi connectivity index (χ2v) is 2.90. The van der Waals surface area contributed by atoms with Crippen molar-refractivity contribution in [3.05, 3.63) is 35.4 Å². The van der Waals surface area contributed by atoms with E-state index in [0.29, 0.717) is 0 Å². The van der Waals surface area contributed by atoms with E-state index >= 15 is 0 Å². The van der Waals surface area contributed by atoms with Crippen LogP contribution >= 0.6 is 0 Å². The zero-order valence-corrected chi connectivity index (χ0v) is 7.69. The summed E-state index contributed by atoms with van der Waals surface area (Å²) >= 11 is 0. The fourth-order valence-electron chi connectivity index (χ4n) is 1.56. The molecule has 70 valence electrons. The molecule has 0 aliphatic carbocycles. The molecule has 1 aromatic rings. The molecule has 0 N–H and O–H groups in total. The zero-order valence-electron chi connectivity index (χ0n) is 7.69. The van der Waals surface area contributed by atoms with Gasteiger partial charge in [-0.05, 0) is 0 Å². The van der Waals surface area contributed by atoms with Gasteiger partial charge in [-0.15, -0.1) is 0 Å². The molecule has 1 heterocycles. The maximum atomic E-state index is 5.49. The van der Waals surface area contributed by atoms with Crippen molar-refractivity contribution in [3.63, 3.8) is 0 Å². The molecular formula is C10H12O3. The molecule has 0 aromatic heterocycles. The quantitative estimate of drug-likeness (QED) is 0.696. The number of benzene rings is 1. The van der Waals surface area contributed by atoms with Crippen LogP contribution in [0.1, 0.15) is 23.7 Å². The Morgan fingerprint density at radius 1 is 1.00 bits per heavy atom. The van der Waals surface area contributed by atoms with Gasteiger partial charge in [0, 0.05) is 25.3 Å². The Kier molecular flexibility index (Phi) is 2.31. The van der Waals surface area contributed by atoms with E-state index in [1.165, 1.54) is 0 Å². The molecule has 2 atom stereocenters. The number of hydrogen-bond acceptors (Lipinski definition) is 3. The monoisotopic (exact) mass is 180 g/mol. The Labute approximate surface area is 77.2 Å². The molecule has 0 amide bonds. The molecular weight excluding hydrogens is 168 g/mol. The number of rotatable bonds is 2. The molecule has 1 aliphatic heterocycles. The fraction of sp³-hybridized carbons (Fsp3) is 0.400. The third-order valence-electron chi connectivity index (χ3n) is 2.18. The second kappa shape index (κ2) is 3.46. The highest BCUT2D eigenvalue weighted by Gasteiger charge is 2.31. The van der Waals surface area contributed by atoms with E-state index < -0.39 is 0 Å². The lowest BCUT2D eigenvalue weighted by Gasteiger charge is -2.10. The summed E-state index contributed by atoms with van der Waals surface area (Å²) < 4.78 is 15.8. The molecule has 1 aliphatic rings. The summed E-state index contributed by atoms with van der Waals surface area (Å²) in [5.41, 5.74) is 2.11. The third kappa shape index (κ3) is 1.35. The molecule has 0 unspecified atom stereocenters. The van der Waals surface area contributed by atoms with Gasteiger partial charge >= 0.3 is 0 Å². The van der Waals surface area contributed by atoms with Crippen molar-refractivity contribution in [2.45, 2.75) is 12.6 Å². The second-order valence-electron chi connectivity index (χ2n) is 2.90. The normalized spacial score (nSPS) is 26.0. The van der Waals surface area contributed by atoms with Gasteiger partial charge in [0.1, 0.15) is 0 Å². The van der Waals surface area contributed by atoms with Gasteiger partial charge in [-0.3, -0.25) is 0 Å². The first-order chi connectivity index (χ1) is 6.36. The van der Waals surface area contributed by atoms with Crippen LogP contribution in [-0.4, -0.2) is 14.2 Å². The van der Waals surface area contributed by atoms with E-state index in [-0.39, 0.29) is 12.6 Å². The average Bonchev–Trinajstić information content (AvgIpc) is 2.56. The van der Waals surface area contributed by atoms with Crippen LogP contribution < -0.4 is 0 Å². The minimum absolute atomic E-state index is 0.291. The Bertz CT molecular complexity index is 269. The highest BCUT2D eigenvalue weighted by atomic mass is 16.8. The number of methoxy groups -OCH3 is 2. The molecule has 0 radical (unpaired) electrons. The fourth-order valence-corrected chi connectivity index (χ4v) is 1.56. The number of hydrogen-bond donors (Lipinski definition) is 0. The van der Waals surface area contributed by atoms with Crippen molar-refractivity contribution in [3.8, 4) is 0 Å². The van der Waals surface area contributed by atoms with Crippen LogP contribution in [0.2, 0.25) is 0 Å². The first-order valence-corrected chi connectivity index (χ1v) is 4.16. The Balaban J connectivity index is 2.38. The van der Waals surface area contributed by atoms with Gasteiger partial charge in [-0.2, -0.15) is 0 Å². The van der Waals surface area contributed by atoms with Crippen LogP contribution in [0.4, 0.5) is 0 Å². The topological polar surface area (TPSA) is 27.7 Å². The van der Waals surface area contributed by atoms with E-state index in [2.05, 4.69) is 0 Å². The Morgan fingerprint density at radius 2 is 1.46 bits per heavy atom. The minimum Gasteiger partial charge on any atom is -0.352 e. The first kappa shape index (κ1) is 8.69. The zero-order chi connectivity index (χ0) is 9.26. The van der Waals surface area contributed by atoms with Crippen LogP contribution in [0.3, 0.4) is 0 Å². The third-order valence-corrected chi connectivity index (χ3v) is 2.18. The van der Waals surface area contributed by atoms with Gasteiger partial charge in [0.25, 0.3) is 0 Å². The molecule has 13 heavy (non-hydrogen) atoms. The van der Waals surface area contributed by atoms with Gasteiger partial charge in [-0.1, -0.05) is 24.3 Å².